The molecular weight excluding hydrogens is 333 g/mol. The standard InChI is InChI=1S/C12H14FN3O8/c1-2-23-12(22)15-8-4(13)3-16(11(21)14-8)9-6(18)5(17)7(24-9)10(19)20/h3,5-7,9,17-18H,2H2,1H3,(H,19,20)(H,14,15,21,22). The summed E-state index contributed by atoms with van der Waals surface area (Å²) in [7, 11) is 0. The van der Waals surface area contributed by atoms with Gasteiger partial charge < -0.3 is 24.8 Å². The van der Waals surface area contributed by atoms with E-state index in [1.54, 1.807) is 0 Å². The summed E-state index contributed by atoms with van der Waals surface area (Å²) < 4.78 is 23.8. The molecule has 24 heavy (non-hydrogen) atoms. The van der Waals surface area contributed by atoms with Crippen LogP contribution in [0.5, 0.6) is 0 Å². The van der Waals surface area contributed by atoms with Crippen molar-refractivity contribution in [3.8, 4) is 0 Å². The van der Waals surface area contributed by atoms with E-state index in [4.69, 9.17) is 9.84 Å². The van der Waals surface area contributed by atoms with E-state index in [-0.39, 0.29) is 6.61 Å². The Morgan fingerprint density at radius 3 is 2.67 bits per heavy atom. The molecule has 4 unspecified atom stereocenters. The van der Waals surface area contributed by atoms with Crippen LogP contribution in [-0.2, 0) is 14.3 Å². The number of hydrogen-bond acceptors (Lipinski definition) is 8. The fourth-order valence-corrected chi connectivity index (χ4v) is 2.07. The van der Waals surface area contributed by atoms with Crippen LogP contribution in [0.4, 0.5) is 15.0 Å². The Morgan fingerprint density at radius 2 is 2.12 bits per heavy atom. The molecule has 1 saturated heterocycles. The van der Waals surface area contributed by atoms with Gasteiger partial charge in [-0.2, -0.15) is 4.98 Å². The second kappa shape index (κ2) is 6.90. The number of hydrogen-bond donors (Lipinski definition) is 4. The van der Waals surface area contributed by atoms with Crippen molar-refractivity contribution in [2.24, 2.45) is 0 Å². The average Bonchev–Trinajstić information content (AvgIpc) is 2.79. The van der Waals surface area contributed by atoms with Crippen molar-refractivity contribution in [3.63, 3.8) is 0 Å². The molecule has 132 valence electrons. The number of ether oxygens (including phenoxy) is 2. The monoisotopic (exact) mass is 347 g/mol. The van der Waals surface area contributed by atoms with Gasteiger partial charge in [-0.25, -0.2) is 18.8 Å². The number of carbonyl (C=O) groups excluding carboxylic acids is 1. The van der Waals surface area contributed by atoms with Gasteiger partial charge in [0.25, 0.3) is 0 Å². The van der Waals surface area contributed by atoms with Gasteiger partial charge in [0, 0.05) is 0 Å². The zero-order valence-electron chi connectivity index (χ0n) is 12.2. The first kappa shape index (κ1) is 17.8. The summed E-state index contributed by atoms with van der Waals surface area (Å²) in [5.74, 6) is -3.43. The molecular formula is C12H14FN3O8. The number of carbonyl (C=O) groups is 2. The third-order valence-electron chi connectivity index (χ3n) is 3.16. The number of aliphatic carboxylic acids is 1. The van der Waals surface area contributed by atoms with Crippen molar-refractivity contribution >= 4 is 17.9 Å². The minimum absolute atomic E-state index is 0.0150. The van der Waals surface area contributed by atoms with Crippen molar-refractivity contribution < 1.29 is 38.8 Å². The first-order chi connectivity index (χ1) is 11.3. The molecule has 1 aromatic rings. The maximum absolute atomic E-state index is 14.0. The molecule has 2 rings (SSSR count). The molecule has 1 aliphatic rings. The zero-order chi connectivity index (χ0) is 18.0. The third-order valence-corrected chi connectivity index (χ3v) is 3.16. The smallest absolute Gasteiger partial charge is 0.412 e. The minimum Gasteiger partial charge on any atom is -0.479 e. The molecule has 0 aromatic carbocycles. The Balaban J connectivity index is 2.30. The fourth-order valence-electron chi connectivity index (χ4n) is 2.07. The number of amides is 1. The first-order valence-corrected chi connectivity index (χ1v) is 6.73. The maximum Gasteiger partial charge on any atom is 0.412 e. The number of aliphatic hydroxyl groups excluding tert-OH is 2. The number of aliphatic hydroxyl groups is 2. The van der Waals surface area contributed by atoms with Gasteiger partial charge in [-0.1, -0.05) is 0 Å². The van der Waals surface area contributed by atoms with Crippen LogP contribution in [-0.4, -0.2) is 61.9 Å². The van der Waals surface area contributed by atoms with E-state index in [0.29, 0.717) is 10.8 Å². The molecule has 0 bridgehead atoms. The maximum atomic E-state index is 14.0. The van der Waals surface area contributed by atoms with Gasteiger partial charge in [-0.3, -0.25) is 9.88 Å². The summed E-state index contributed by atoms with van der Waals surface area (Å²) in [6.45, 7) is 1.53. The van der Waals surface area contributed by atoms with Gasteiger partial charge >= 0.3 is 17.8 Å². The van der Waals surface area contributed by atoms with Crippen LogP contribution in [0.2, 0.25) is 0 Å². The molecule has 2 heterocycles. The van der Waals surface area contributed by atoms with Crippen LogP contribution in [0.25, 0.3) is 0 Å². The highest BCUT2D eigenvalue weighted by Crippen LogP contribution is 2.28. The molecule has 12 heteroatoms. The normalized spacial score (nSPS) is 26.2. The van der Waals surface area contributed by atoms with Crippen LogP contribution in [0.1, 0.15) is 13.2 Å². The number of rotatable bonds is 4. The molecule has 0 radical (unpaired) electrons. The van der Waals surface area contributed by atoms with Gasteiger partial charge in [0.2, 0.25) is 0 Å². The molecule has 4 N–H and O–H groups in total. The topological polar surface area (TPSA) is 160 Å². The number of nitrogens with one attached hydrogen (secondary N) is 1. The lowest BCUT2D eigenvalue weighted by Gasteiger charge is -2.17. The Labute approximate surface area is 133 Å². The van der Waals surface area contributed by atoms with Crippen molar-refractivity contribution in [3.05, 3.63) is 22.5 Å². The SMILES string of the molecule is CCOC(=O)Nc1nc(=O)n(C2OC(C(=O)O)C(O)C2O)cc1F. The molecule has 1 aliphatic heterocycles. The molecule has 4 atom stereocenters. The van der Waals surface area contributed by atoms with E-state index in [0.717, 1.165) is 0 Å². The Hall–Kier alpha value is -2.57. The van der Waals surface area contributed by atoms with Gasteiger partial charge in [-0.05, 0) is 6.92 Å². The molecule has 0 saturated carbocycles. The van der Waals surface area contributed by atoms with Crippen molar-refractivity contribution in [1.82, 2.24) is 9.55 Å². The highest BCUT2D eigenvalue weighted by molar-refractivity contribution is 5.83. The molecule has 0 aliphatic carbocycles. The van der Waals surface area contributed by atoms with E-state index in [9.17, 15) is 29.0 Å². The average molecular weight is 347 g/mol. The van der Waals surface area contributed by atoms with Crippen LogP contribution >= 0.6 is 0 Å². The highest BCUT2D eigenvalue weighted by Gasteiger charge is 2.48. The van der Waals surface area contributed by atoms with E-state index in [1.807, 2.05) is 5.32 Å². The number of carboxylic acids is 1. The molecule has 0 spiro atoms. The van der Waals surface area contributed by atoms with Gasteiger partial charge in [0.05, 0.1) is 12.8 Å². The third kappa shape index (κ3) is 3.34. The molecule has 1 amide bonds. The second-order valence-corrected chi connectivity index (χ2v) is 4.74. The Morgan fingerprint density at radius 1 is 1.46 bits per heavy atom. The van der Waals surface area contributed by atoms with Crippen LogP contribution in [0.3, 0.4) is 0 Å². The summed E-state index contributed by atoms with van der Waals surface area (Å²) in [5, 5.41) is 30.1. The quantitative estimate of drug-likeness (QED) is 0.516. The number of aromatic nitrogens is 2. The number of halogens is 1. The Bertz CT molecular complexity index is 708. The second-order valence-electron chi connectivity index (χ2n) is 4.74. The number of nitrogens with zero attached hydrogens (tertiary/aromatic N) is 2. The fraction of sp³-hybridized carbons (Fsp3) is 0.500. The van der Waals surface area contributed by atoms with Crippen molar-refractivity contribution in [2.45, 2.75) is 31.5 Å². The first-order valence-electron chi connectivity index (χ1n) is 6.73. The van der Waals surface area contributed by atoms with E-state index < -0.39 is 53.9 Å². The molecule has 1 aromatic heterocycles. The van der Waals surface area contributed by atoms with Gasteiger partial charge in [-0.15, -0.1) is 0 Å². The lowest BCUT2D eigenvalue weighted by molar-refractivity contribution is -0.155. The van der Waals surface area contributed by atoms with Crippen LogP contribution < -0.4 is 11.0 Å². The largest absolute Gasteiger partial charge is 0.479 e. The van der Waals surface area contributed by atoms with Gasteiger partial charge in [0.15, 0.2) is 24.0 Å². The highest BCUT2D eigenvalue weighted by atomic mass is 19.1. The lowest BCUT2D eigenvalue weighted by Crippen LogP contribution is -2.37. The predicted octanol–water partition coefficient (Wildman–Crippen LogP) is -1.35. The minimum atomic E-state index is -1.82. The summed E-state index contributed by atoms with van der Waals surface area (Å²) >= 11 is 0. The van der Waals surface area contributed by atoms with E-state index in [1.165, 1.54) is 6.92 Å². The summed E-state index contributed by atoms with van der Waals surface area (Å²) in [5.41, 5.74) is -1.15. The number of anilines is 1. The molecule has 1 fully saturated rings. The van der Waals surface area contributed by atoms with Gasteiger partial charge in [0.1, 0.15) is 12.2 Å². The Kier molecular flexibility index (Phi) is 5.11. The summed E-state index contributed by atoms with van der Waals surface area (Å²) in [6.07, 6.45) is -7.54. The van der Waals surface area contributed by atoms with E-state index in [2.05, 4.69) is 9.72 Å². The molecule has 11 nitrogen and oxygen atoms in total. The van der Waals surface area contributed by atoms with Crippen LogP contribution in [0.15, 0.2) is 11.0 Å². The predicted molar refractivity (Wildman–Crippen MR) is 72.7 cm³/mol. The zero-order valence-corrected chi connectivity index (χ0v) is 12.2. The van der Waals surface area contributed by atoms with Crippen LogP contribution in [0, 0.1) is 5.82 Å². The summed E-state index contributed by atoms with van der Waals surface area (Å²) in [6, 6.07) is 0. The van der Waals surface area contributed by atoms with Crippen molar-refractivity contribution in [2.75, 3.05) is 11.9 Å². The summed E-state index contributed by atoms with van der Waals surface area (Å²) in [4.78, 5) is 37.3. The number of carboxylic acid groups (broad SMARTS) is 1. The lowest BCUT2D eigenvalue weighted by atomic mass is 10.1. The van der Waals surface area contributed by atoms with E-state index >= 15 is 0 Å². The van der Waals surface area contributed by atoms with Crippen molar-refractivity contribution in [1.29, 1.82) is 0 Å².